The second-order valence-corrected chi connectivity index (χ2v) is 6.14. The van der Waals surface area contributed by atoms with Gasteiger partial charge in [0.2, 0.25) is 0 Å². The molecular formula is C13H24NO3Si. The van der Waals surface area contributed by atoms with Crippen LogP contribution in [0.1, 0.15) is 40.0 Å². The average Bonchev–Trinajstić information content (AvgIpc) is 2.28. The van der Waals surface area contributed by atoms with E-state index >= 15 is 0 Å². The van der Waals surface area contributed by atoms with Gasteiger partial charge in [-0.2, -0.15) is 0 Å². The molecule has 1 rings (SSSR count). The summed E-state index contributed by atoms with van der Waals surface area (Å²) in [6.07, 6.45) is 2.92. The fraction of sp³-hybridized carbons (Fsp3) is 0.923. The van der Waals surface area contributed by atoms with Gasteiger partial charge in [-0.3, -0.25) is 0 Å². The smallest absolute Gasteiger partial charge is 0.410 e. The Morgan fingerprint density at radius 3 is 2.44 bits per heavy atom. The number of amides is 1. The van der Waals surface area contributed by atoms with Crippen molar-refractivity contribution in [1.29, 1.82) is 0 Å². The predicted octanol–water partition coefficient (Wildman–Crippen LogP) is 2.38. The lowest BCUT2D eigenvalue weighted by Crippen LogP contribution is -2.43. The normalized spacial score (nSPS) is 17.9. The first kappa shape index (κ1) is 15.5. The number of nitrogens with zero attached hydrogens (tertiary/aromatic N) is 1. The van der Waals surface area contributed by atoms with Crippen molar-refractivity contribution >= 4 is 16.3 Å². The van der Waals surface area contributed by atoms with Gasteiger partial charge in [-0.1, -0.05) is 6.04 Å². The van der Waals surface area contributed by atoms with E-state index < -0.39 is 5.60 Å². The Labute approximate surface area is 113 Å². The molecule has 4 nitrogen and oxygen atoms in total. The fourth-order valence-corrected chi connectivity index (χ4v) is 2.00. The molecule has 0 spiro atoms. The van der Waals surface area contributed by atoms with Gasteiger partial charge >= 0.3 is 6.09 Å². The Bertz CT molecular complexity index is 257. The third-order valence-corrected chi connectivity index (χ3v) is 3.12. The number of carbonyl (C=O) groups is 1. The molecule has 0 aliphatic carbocycles. The predicted molar refractivity (Wildman–Crippen MR) is 72.0 cm³/mol. The molecular weight excluding hydrogens is 246 g/mol. The Morgan fingerprint density at radius 1 is 1.33 bits per heavy atom. The van der Waals surface area contributed by atoms with Crippen molar-refractivity contribution in [3.8, 4) is 0 Å². The van der Waals surface area contributed by atoms with Gasteiger partial charge in [0.15, 0.2) is 0 Å². The third-order valence-electron chi connectivity index (χ3n) is 2.77. The molecule has 1 amide bonds. The van der Waals surface area contributed by atoms with Crippen LogP contribution in [0.3, 0.4) is 0 Å². The molecule has 0 bridgehead atoms. The molecule has 103 valence electrons. The van der Waals surface area contributed by atoms with E-state index in [0.717, 1.165) is 45.0 Å². The van der Waals surface area contributed by atoms with E-state index in [0.29, 0.717) is 6.10 Å². The lowest BCUT2D eigenvalue weighted by atomic mass is 10.1. The maximum Gasteiger partial charge on any atom is 0.410 e. The van der Waals surface area contributed by atoms with E-state index in [2.05, 4.69) is 10.2 Å². The molecule has 1 aliphatic heterocycles. The first-order valence-electron chi connectivity index (χ1n) is 6.66. The van der Waals surface area contributed by atoms with Crippen LogP contribution in [-0.4, -0.2) is 52.6 Å². The Balaban J connectivity index is 2.24. The van der Waals surface area contributed by atoms with E-state index in [1.54, 1.807) is 4.90 Å². The largest absolute Gasteiger partial charge is 0.444 e. The topological polar surface area (TPSA) is 38.8 Å². The molecule has 0 N–H and O–H groups in total. The Kier molecular flexibility index (Phi) is 6.15. The fourth-order valence-electron chi connectivity index (χ4n) is 1.85. The van der Waals surface area contributed by atoms with E-state index in [9.17, 15) is 4.79 Å². The third kappa shape index (κ3) is 5.86. The van der Waals surface area contributed by atoms with Crippen LogP contribution in [0.15, 0.2) is 0 Å². The van der Waals surface area contributed by atoms with Gasteiger partial charge in [0.05, 0.1) is 6.10 Å². The van der Waals surface area contributed by atoms with E-state index in [1.807, 2.05) is 20.8 Å². The van der Waals surface area contributed by atoms with Crippen LogP contribution < -0.4 is 0 Å². The molecule has 1 aliphatic rings. The summed E-state index contributed by atoms with van der Waals surface area (Å²) in [5, 5.41) is 0. The number of likely N-dealkylation sites (tertiary alicyclic amines) is 1. The lowest BCUT2D eigenvalue weighted by Gasteiger charge is -2.33. The van der Waals surface area contributed by atoms with Crippen molar-refractivity contribution in [3.05, 3.63) is 0 Å². The van der Waals surface area contributed by atoms with Crippen LogP contribution in [-0.2, 0) is 9.47 Å². The Hall–Kier alpha value is -0.553. The monoisotopic (exact) mass is 270 g/mol. The van der Waals surface area contributed by atoms with Crippen LogP contribution >= 0.6 is 0 Å². The zero-order valence-electron chi connectivity index (χ0n) is 11.7. The van der Waals surface area contributed by atoms with Crippen molar-refractivity contribution in [2.45, 2.75) is 57.8 Å². The summed E-state index contributed by atoms with van der Waals surface area (Å²) in [4.78, 5) is 13.6. The summed E-state index contributed by atoms with van der Waals surface area (Å²) in [6, 6.07) is 0.969. The number of hydrogen-bond acceptors (Lipinski definition) is 3. The summed E-state index contributed by atoms with van der Waals surface area (Å²) in [7, 11) is 3.43. The first-order chi connectivity index (χ1) is 8.42. The zero-order valence-corrected chi connectivity index (χ0v) is 12.7. The van der Waals surface area contributed by atoms with E-state index in [-0.39, 0.29) is 6.09 Å². The highest BCUT2D eigenvalue weighted by Gasteiger charge is 2.26. The molecule has 0 aromatic heterocycles. The quantitative estimate of drug-likeness (QED) is 0.581. The van der Waals surface area contributed by atoms with Crippen molar-refractivity contribution in [1.82, 2.24) is 4.90 Å². The van der Waals surface area contributed by atoms with Crippen molar-refractivity contribution < 1.29 is 14.3 Å². The maximum absolute atomic E-state index is 11.8. The van der Waals surface area contributed by atoms with Crippen LogP contribution in [0, 0.1) is 0 Å². The lowest BCUT2D eigenvalue weighted by molar-refractivity contribution is -0.0110. The van der Waals surface area contributed by atoms with Gasteiger partial charge in [0.25, 0.3) is 0 Å². The van der Waals surface area contributed by atoms with Crippen molar-refractivity contribution in [3.63, 3.8) is 0 Å². The molecule has 5 heteroatoms. The number of rotatable bonds is 4. The van der Waals surface area contributed by atoms with E-state index in [4.69, 9.17) is 9.47 Å². The summed E-state index contributed by atoms with van der Waals surface area (Å²) in [5.74, 6) is 0. The minimum absolute atomic E-state index is 0.207. The number of piperidine rings is 1. The molecule has 1 saturated heterocycles. The molecule has 1 fully saturated rings. The number of hydrogen-bond donors (Lipinski definition) is 0. The number of carbonyl (C=O) groups excluding carboxylic acids is 1. The van der Waals surface area contributed by atoms with Crippen LogP contribution in [0.5, 0.6) is 0 Å². The molecule has 0 atom stereocenters. The Morgan fingerprint density at radius 2 is 1.94 bits per heavy atom. The molecule has 18 heavy (non-hydrogen) atoms. The van der Waals surface area contributed by atoms with Gasteiger partial charge < -0.3 is 14.4 Å². The van der Waals surface area contributed by atoms with Gasteiger partial charge in [0, 0.05) is 29.9 Å². The van der Waals surface area contributed by atoms with Crippen LogP contribution in [0.25, 0.3) is 0 Å². The minimum atomic E-state index is -0.417. The minimum Gasteiger partial charge on any atom is -0.444 e. The van der Waals surface area contributed by atoms with Crippen LogP contribution in [0.4, 0.5) is 4.79 Å². The summed E-state index contributed by atoms with van der Waals surface area (Å²) in [6.45, 7) is 7.92. The molecule has 0 aromatic rings. The highest BCUT2D eigenvalue weighted by atomic mass is 28.1. The van der Waals surface area contributed by atoms with Gasteiger partial charge in [-0.25, -0.2) is 4.79 Å². The molecule has 0 saturated carbocycles. The van der Waals surface area contributed by atoms with Crippen molar-refractivity contribution in [2.75, 3.05) is 19.7 Å². The van der Waals surface area contributed by atoms with Crippen LogP contribution in [0.2, 0.25) is 6.04 Å². The van der Waals surface area contributed by atoms with E-state index in [1.165, 1.54) is 0 Å². The maximum atomic E-state index is 11.8. The van der Waals surface area contributed by atoms with Crippen molar-refractivity contribution in [2.24, 2.45) is 0 Å². The molecule has 0 aromatic carbocycles. The standard InChI is InChI=1S/C13H24NO3Si/c1-13(2,3)17-12(15)14-7-5-11(6-8-14)16-9-4-10-18/h11H,4-10H2,1-3H3. The van der Waals surface area contributed by atoms with Gasteiger partial charge in [-0.15, -0.1) is 0 Å². The summed E-state index contributed by atoms with van der Waals surface area (Å²) in [5.41, 5.74) is -0.417. The molecule has 1 heterocycles. The molecule has 0 unspecified atom stereocenters. The van der Waals surface area contributed by atoms with Gasteiger partial charge in [0.1, 0.15) is 5.60 Å². The zero-order chi connectivity index (χ0) is 13.6. The first-order valence-corrected chi connectivity index (χ1v) is 7.37. The average molecular weight is 270 g/mol. The summed E-state index contributed by atoms with van der Waals surface area (Å²) < 4.78 is 11.1. The SMILES string of the molecule is CC(C)(C)OC(=O)N1CCC(OCCC[Si])CC1. The molecule has 3 radical (unpaired) electrons. The summed E-state index contributed by atoms with van der Waals surface area (Å²) >= 11 is 0. The van der Waals surface area contributed by atoms with Gasteiger partial charge in [-0.05, 0) is 40.0 Å². The second kappa shape index (κ2) is 7.14. The highest BCUT2D eigenvalue weighted by Crippen LogP contribution is 2.17. The highest BCUT2D eigenvalue weighted by molar-refractivity contribution is 6.08. The number of ether oxygens (including phenoxy) is 2. The second-order valence-electron chi connectivity index (χ2n) is 5.64.